The SMILES string of the molecule is C/C(=N\NC(=O)c1ccco1)c1ccc([N+](=O)[O-])cc1. The third kappa shape index (κ3) is 3.08. The van der Waals surface area contributed by atoms with Crippen LogP contribution in [-0.2, 0) is 0 Å². The van der Waals surface area contributed by atoms with Gasteiger partial charge in [-0.25, -0.2) is 5.43 Å². The van der Waals surface area contributed by atoms with Gasteiger partial charge in [0.2, 0.25) is 0 Å². The number of nitrogens with zero attached hydrogens (tertiary/aromatic N) is 2. The predicted octanol–water partition coefficient (Wildman–Crippen LogP) is 2.34. The van der Waals surface area contributed by atoms with Gasteiger partial charge in [-0.15, -0.1) is 0 Å². The van der Waals surface area contributed by atoms with Gasteiger partial charge in [-0.2, -0.15) is 5.10 Å². The molecule has 0 spiro atoms. The number of furan rings is 1. The highest BCUT2D eigenvalue weighted by Gasteiger charge is 2.08. The molecule has 0 fully saturated rings. The first-order valence-corrected chi connectivity index (χ1v) is 5.71. The third-order valence-corrected chi connectivity index (χ3v) is 2.57. The molecular formula is C13H11N3O4. The van der Waals surface area contributed by atoms with Crippen LogP contribution in [0.1, 0.15) is 23.0 Å². The Morgan fingerprint density at radius 1 is 1.30 bits per heavy atom. The van der Waals surface area contributed by atoms with Gasteiger partial charge < -0.3 is 4.42 Å². The number of carbonyl (C=O) groups is 1. The van der Waals surface area contributed by atoms with Crippen molar-refractivity contribution in [2.75, 3.05) is 0 Å². The van der Waals surface area contributed by atoms with Gasteiger partial charge >= 0.3 is 5.91 Å². The summed E-state index contributed by atoms with van der Waals surface area (Å²) in [6.45, 7) is 1.68. The maximum atomic E-state index is 11.6. The summed E-state index contributed by atoms with van der Waals surface area (Å²) in [5.41, 5.74) is 3.55. The Hall–Kier alpha value is -2.96. The molecular weight excluding hydrogens is 262 g/mol. The maximum Gasteiger partial charge on any atom is 0.307 e. The fourth-order valence-electron chi connectivity index (χ4n) is 1.49. The molecule has 1 heterocycles. The van der Waals surface area contributed by atoms with E-state index in [9.17, 15) is 14.9 Å². The van der Waals surface area contributed by atoms with E-state index in [1.54, 1.807) is 25.1 Å². The van der Waals surface area contributed by atoms with Gasteiger partial charge in [0.05, 0.1) is 16.9 Å². The molecule has 0 aliphatic carbocycles. The van der Waals surface area contributed by atoms with Crippen molar-refractivity contribution in [3.63, 3.8) is 0 Å². The van der Waals surface area contributed by atoms with Crippen molar-refractivity contribution in [1.82, 2.24) is 5.43 Å². The van der Waals surface area contributed by atoms with Gasteiger partial charge in [-0.05, 0) is 36.8 Å². The van der Waals surface area contributed by atoms with Gasteiger partial charge in [0.1, 0.15) is 0 Å². The molecule has 0 saturated carbocycles. The molecule has 0 unspecified atom stereocenters. The summed E-state index contributed by atoms with van der Waals surface area (Å²) in [7, 11) is 0. The number of benzene rings is 1. The molecule has 1 amide bonds. The van der Waals surface area contributed by atoms with E-state index in [0.717, 1.165) is 0 Å². The molecule has 1 aromatic carbocycles. The van der Waals surface area contributed by atoms with E-state index in [4.69, 9.17) is 4.42 Å². The van der Waals surface area contributed by atoms with E-state index in [-0.39, 0.29) is 11.4 Å². The number of hydrogen-bond acceptors (Lipinski definition) is 5. The number of nitrogens with one attached hydrogen (secondary N) is 1. The van der Waals surface area contributed by atoms with Crippen molar-refractivity contribution in [3.05, 3.63) is 64.1 Å². The lowest BCUT2D eigenvalue weighted by molar-refractivity contribution is -0.384. The van der Waals surface area contributed by atoms with E-state index < -0.39 is 10.8 Å². The second-order valence-corrected chi connectivity index (χ2v) is 3.92. The van der Waals surface area contributed by atoms with Crippen molar-refractivity contribution in [1.29, 1.82) is 0 Å². The molecule has 0 radical (unpaired) electrons. The molecule has 1 aromatic heterocycles. The number of nitro groups is 1. The van der Waals surface area contributed by atoms with Gasteiger partial charge in [0.15, 0.2) is 5.76 Å². The Morgan fingerprint density at radius 2 is 2.00 bits per heavy atom. The lowest BCUT2D eigenvalue weighted by atomic mass is 10.1. The van der Waals surface area contributed by atoms with E-state index >= 15 is 0 Å². The second-order valence-electron chi connectivity index (χ2n) is 3.92. The number of hydrazone groups is 1. The quantitative estimate of drug-likeness (QED) is 0.525. The molecule has 0 aliphatic heterocycles. The highest BCUT2D eigenvalue weighted by molar-refractivity contribution is 6.00. The van der Waals surface area contributed by atoms with Crippen molar-refractivity contribution >= 4 is 17.3 Å². The maximum absolute atomic E-state index is 11.6. The number of carbonyl (C=O) groups excluding carboxylic acids is 1. The number of nitro benzene ring substituents is 1. The first-order chi connectivity index (χ1) is 9.58. The lowest BCUT2D eigenvalue weighted by Gasteiger charge is -2.01. The zero-order valence-electron chi connectivity index (χ0n) is 10.6. The molecule has 1 N–H and O–H groups in total. The van der Waals surface area contributed by atoms with Crippen LogP contribution in [0.3, 0.4) is 0 Å². The largest absolute Gasteiger partial charge is 0.459 e. The number of rotatable bonds is 4. The Balaban J connectivity index is 2.06. The Bertz CT molecular complexity index is 645. The molecule has 20 heavy (non-hydrogen) atoms. The smallest absolute Gasteiger partial charge is 0.307 e. The topological polar surface area (TPSA) is 97.7 Å². The Labute approximate surface area is 114 Å². The average Bonchev–Trinajstić information content (AvgIpc) is 2.98. The van der Waals surface area contributed by atoms with Gasteiger partial charge in [-0.1, -0.05) is 0 Å². The summed E-state index contributed by atoms with van der Waals surface area (Å²) in [5, 5.41) is 14.4. The van der Waals surface area contributed by atoms with Crippen LogP contribution in [-0.4, -0.2) is 16.5 Å². The van der Waals surface area contributed by atoms with Crippen molar-refractivity contribution in [3.8, 4) is 0 Å². The molecule has 7 heteroatoms. The zero-order chi connectivity index (χ0) is 14.5. The average molecular weight is 273 g/mol. The van der Waals surface area contributed by atoms with Crippen LogP contribution in [0.5, 0.6) is 0 Å². The minimum absolute atomic E-state index is 0.00108. The molecule has 0 aliphatic rings. The Morgan fingerprint density at radius 3 is 2.55 bits per heavy atom. The fourth-order valence-corrected chi connectivity index (χ4v) is 1.49. The summed E-state index contributed by atoms with van der Waals surface area (Å²) in [6.07, 6.45) is 1.39. The van der Waals surface area contributed by atoms with Gasteiger partial charge in [0.25, 0.3) is 5.69 Å². The van der Waals surface area contributed by atoms with Crippen LogP contribution in [0, 0.1) is 10.1 Å². The standard InChI is InChI=1S/C13H11N3O4/c1-9(10-4-6-11(7-5-10)16(18)19)14-15-13(17)12-3-2-8-20-12/h2-8H,1H3,(H,15,17)/b14-9+. The van der Waals surface area contributed by atoms with Crippen LogP contribution >= 0.6 is 0 Å². The highest BCUT2D eigenvalue weighted by atomic mass is 16.6. The molecule has 0 atom stereocenters. The minimum Gasteiger partial charge on any atom is -0.459 e. The fraction of sp³-hybridized carbons (Fsp3) is 0.0769. The molecule has 2 aromatic rings. The van der Waals surface area contributed by atoms with Crippen LogP contribution in [0.15, 0.2) is 52.2 Å². The number of non-ortho nitro benzene ring substituents is 1. The van der Waals surface area contributed by atoms with E-state index in [1.807, 2.05) is 0 Å². The normalized spacial score (nSPS) is 11.2. The van der Waals surface area contributed by atoms with Crippen LogP contribution in [0.4, 0.5) is 5.69 Å². The summed E-state index contributed by atoms with van der Waals surface area (Å²) >= 11 is 0. The lowest BCUT2D eigenvalue weighted by Crippen LogP contribution is -2.18. The van der Waals surface area contributed by atoms with E-state index in [1.165, 1.54) is 24.5 Å². The second kappa shape index (κ2) is 5.79. The van der Waals surface area contributed by atoms with Crippen molar-refractivity contribution in [2.24, 2.45) is 5.10 Å². The van der Waals surface area contributed by atoms with E-state index in [2.05, 4.69) is 10.5 Å². The Kier molecular flexibility index (Phi) is 3.90. The third-order valence-electron chi connectivity index (χ3n) is 2.57. The van der Waals surface area contributed by atoms with Crippen LogP contribution < -0.4 is 5.43 Å². The highest BCUT2D eigenvalue weighted by Crippen LogP contribution is 2.12. The van der Waals surface area contributed by atoms with E-state index in [0.29, 0.717) is 11.3 Å². The van der Waals surface area contributed by atoms with Crippen molar-refractivity contribution < 1.29 is 14.1 Å². The van der Waals surface area contributed by atoms with Gasteiger partial charge in [0, 0.05) is 12.1 Å². The minimum atomic E-state index is -0.477. The molecule has 2 rings (SSSR count). The number of hydrogen-bond donors (Lipinski definition) is 1. The molecule has 0 bridgehead atoms. The predicted molar refractivity (Wildman–Crippen MR) is 71.5 cm³/mol. The summed E-state index contributed by atoms with van der Waals surface area (Å²) < 4.78 is 4.92. The first kappa shape index (κ1) is 13.5. The van der Waals surface area contributed by atoms with Crippen LogP contribution in [0.2, 0.25) is 0 Å². The summed E-state index contributed by atoms with van der Waals surface area (Å²) in [6, 6.07) is 9.01. The zero-order valence-corrected chi connectivity index (χ0v) is 10.6. The molecule has 0 saturated heterocycles. The first-order valence-electron chi connectivity index (χ1n) is 5.71. The van der Waals surface area contributed by atoms with Crippen molar-refractivity contribution in [2.45, 2.75) is 6.92 Å². The van der Waals surface area contributed by atoms with Gasteiger partial charge in [-0.3, -0.25) is 14.9 Å². The molecule has 102 valence electrons. The monoisotopic (exact) mass is 273 g/mol. The van der Waals surface area contributed by atoms with Crippen LogP contribution in [0.25, 0.3) is 0 Å². The number of amides is 1. The summed E-state index contributed by atoms with van der Waals surface area (Å²) in [4.78, 5) is 21.6. The molecule has 7 nitrogen and oxygen atoms in total. The summed E-state index contributed by atoms with van der Waals surface area (Å²) in [5.74, 6) is -0.304.